The lowest BCUT2D eigenvalue weighted by Gasteiger charge is -2.14. The number of hydrogen-bond donors (Lipinski definition) is 1. The van der Waals surface area contributed by atoms with Crippen molar-refractivity contribution >= 4 is 39.3 Å². The molecule has 4 nitrogen and oxygen atoms in total. The second-order valence-corrected chi connectivity index (χ2v) is 6.77. The van der Waals surface area contributed by atoms with Gasteiger partial charge in [-0.3, -0.25) is 4.79 Å². The number of nitrogens with zero attached hydrogens (tertiary/aromatic N) is 1. The number of pyridine rings is 1. The Labute approximate surface area is 142 Å². The molecule has 0 aliphatic rings. The van der Waals surface area contributed by atoms with Crippen LogP contribution < -0.4 is 10.1 Å². The lowest BCUT2D eigenvalue weighted by molar-refractivity contribution is -0.115. The number of anilines is 1. The van der Waals surface area contributed by atoms with E-state index >= 15 is 0 Å². The van der Waals surface area contributed by atoms with E-state index in [1.807, 2.05) is 50.2 Å². The molecule has 1 aromatic carbocycles. The highest BCUT2D eigenvalue weighted by atomic mass is 79.9. The molecule has 22 heavy (non-hydrogen) atoms. The zero-order valence-corrected chi connectivity index (χ0v) is 14.8. The number of ether oxygens (including phenoxy) is 1. The summed E-state index contributed by atoms with van der Waals surface area (Å²) < 4.78 is 6.43. The summed E-state index contributed by atoms with van der Waals surface area (Å²) in [6.07, 6.45) is 1.72. The van der Waals surface area contributed by atoms with Crippen molar-refractivity contribution < 1.29 is 9.53 Å². The van der Waals surface area contributed by atoms with Gasteiger partial charge in [0.1, 0.15) is 5.75 Å². The molecule has 1 atom stereocenters. The summed E-state index contributed by atoms with van der Waals surface area (Å²) in [6, 6.07) is 11.2. The van der Waals surface area contributed by atoms with Crippen LogP contribution in [0.15, 0.2) is 52.1 Å². The van der Waals surface area contributed by atoms with E-state index in [4.69, 9.17) is 4.74 Å². The quantitative estimate of drug-likeness (QED) is 0.756. The first-order chi connectivity index (χ1) is 10.6. The molecule has 0 aliphatic heterocycles. The molecule has 0 spiro atoms. The third-order valence-corrected chi connectivity index (χ3v) is 4.33. The first kappa shape index (κ1) is 16.8. The Morgan fingerprint density at radius 2 is 2.14 bits per heavy atom. The van der Waals surface area contributed by atoms with E-state index in [0.29, 0.717) is 18.0 Å². The third-order valence-electron chi connectivity index (χ3n) is 2.81. The number of amides is 1. The Morgan fingerprint density at radius 1 is 1.36 bits per heavy atom. The number of halogens is 1. The summed E-state index contributed by atoms with van der Waals surface area (Å²) in [4.78, 5) is 16.6. The molecule has 2 aromatic rings. The first-order valence-corrected chi connectivity index (χ1v) is 8.58. The van der Waals surface area contributed by atoms with Crippen LogP contribution in [0.1, 0.15) is 13.8 Å². The predicted octanol–water partition coefficient (Wildman–Crippen LogP) is 4.36. The van der Waals surface area contributed by atoms with Crippen molar-refractivity contribution in [3.05, 3.63) is 47.1 Å². The van der Waals surface area contributed by atoms with Crippen molar-refractivity contribution in [2.75, 3.05) is 11.9 Å². The molecule has 0 fully saturated rings. The molecule has 1 amide bonds. The van der Waals surface area contributed by atoms with Crippen molar-refractivity contribution in [2.45, 2.75) is 24.1 Å². The molecular formula is C16H17BrN2O2S. The fourth-order valence-corrected chi connectivity index (χ4v) is 2.78. The number of benzene rings is 1. The van der Waals surface area contributed by atoms with E-state index in [-0.39, 0.29) is 11.2 Å². The van der Waals surface area contributed by atoms with Gasteiger partial charge < -0.3 is 10.1 Å². The number of carbonyl (C=O) groups is 1. The fraction of sp³-hybridized carbons (Fsp3) is 0.250. The van der Waals surface area contributed by atoms with E-state index < -0.39 is 0 Å². The van der Waals surface area contributed by atoms with Gasteiger partial charge in [-0.25, -0.2) is 4.98 Å². The van der Waals surface area contributed by atoms with Gasteiger partial charge in [-0.2, -0.15) is 0 Å². The fourth-order valence-electron chi connectivity index (χ4n) is 1.75. The van der Waals surface area contributed by atoms with Crippen molar-refractivity contribution in [3.63, 3.8) is 0 Å². The topological polar surface area (TPSA) is 51.2 Å². The molecule has 0 radical (unpaired) electrons. The minimum absolute atomic E-state index is 0.0816. The second kappa shape index (κ2) is 8.19. The zero-order chi connectivity index (χ0) is 15.9. The van der Waals surface area contributed by atoms with Gasteiger partial charge in [0.2, 0.25) is 5.91 Å². The van der Waals surface area contributed by atoms with Gasteiger partial charge in [-0.1, -0.05) is 23.9 Å². The molecule has 0 saturated heterocycles. The van der Waals surface area contributed by atoms with Crippen LogP contribution in [-0.4, -0.2) is 22.7 Å². The highest BCUT2D eigenvalue weighted by Crippen LogP contribution is 2.27. The molecule has 0 bridgehead atoms. The summed E-state index contributed by atoms with van der Waals surface area (Å²) in [5.74, 6) is 0.596. The van der Waals surface area contributed by atoms with E-state index in [0.717, 1.165) is 9.50 Å². The average Bonchev–Trinajstić information content (AvgIpc) is 2.51. The molecule has 0 aliphatic carbocycles. The highest BCUT2D eigenvalue weighted by Gasteiger charge is 2.16. The molecule has 116 valence electrons. The lowest BCUT2D eigenvalue weighted by Crippen LogP contribution is -2.22. The van der Waals surface area contributed by atoms with Crippen LogP contribution in [0.5, 0.6) is 5.75 Å². The van der Waals surface area contributed by atoms with Crippen LogP contribution in [0.3, 0.4) is 0 Å². The molecule has 1 N–H and O–H groups in total. The van der Waals surface area contributed by atoms with Gasteiger partial charge in [0.05, 0.1) is 22.6 Å². The Morgan fingerprint density at radius 3 is 2.82 bits per heavy atom. The van der Waals surface area contributed by atoms with E-state index in [1.165, 1.54) is 11.8 Å². The van der Waals surface area contributed by atoms with E-state index in [9.17, 15) is 4.79 Å². The van der Waals surface area contributed by atoms with E-state index in [1.54, 1.807) is 6.20 Å². The zero-order valence-electron chi connectivity index (χ0n) is 12.4. The summed E-state index contributed by atoms with van der Waals surface area (Å²) in [5.41, 5.74) is 0.686. The number of hydrogen-bond acceptors (Lipinski definition) is 4. The molecule has 1 aromatic heterocycles. The summed E-state index contributed by atoms with van der Waals surface area (Å²) in [7, 11) is 0. The standard InChI is InChI=1S/C16H17BrN2O2S/c1-3-21-14-7-5-4-6-13(14)19-16(20)11(2)22-15-9-8-12(17)10-18-15/h4-11H,3H2,1-2H3,(H,19,20)/t11-/m0/s1. The largest absolute Gasteiger partial charge is 0.492 e. The Bertz CT molecular complexity index is 634. The Balaban J connectivity index is 2.01. The minimum Gasteiger partial charge on any atom is -0.492 e. The van der Waals surface area contributed by atoms with E-state index in [2.05, 4.69) is 26.2 Å². The highest BCUT2D eigenvalue weighted by molar-refractivity contribution is 9.10. The third kappa shape index (κ3) is 4.74. The molecular weight excluding hydrogens is 364 g/mol. The SMILES string of the molecule is CCOc1ccccc1NC(=O)[C@H](C)Sc1ccc(Br)cn1. The maximum atomic E-state index is 12.3. The number of carbonyl (C=O) groups excluding carboxylic acids is 1. The van der Waals surface area contributed by atoms with Crippen molar-refractivity contribution in [3.8, 4) is 5.75 Å². The van der Waals surface area contributed by atoms with Crippen LogP contribution in [0.2, 0.25) is 0 Å². The van der Waals surface area contributed by atoms with Gasteiger partial charge >= 0.3 is 0 Å². The number of thioether (sulfide) groups is 1. The van der Waals surface area contributed by atoms with Crippen LogP contribution in [0.4, 0.5) is 5.69 Å². The summed E-state index contributed by atoms with van der Waals surface area (Å²) in [5, 5.41) is 3.45. The molecule has 0 saturated carbocycles. The predicted molar refractivity (Wildman–Crippen MR) is 93.5 cm³/mol. The molecule has 0 unspecified atom stereocenters. The van der Waals surface area contributed by atoms with Crippen LogP contribution >= 0.6 is 27.7 Å². The maximum Gasteiger partial charge on any atom is 0.237 e. The molecule has 6 heteroatoms. The van der Waals surface area contributed by atoms with Crippen LogP contribution in [-0.2, 0) is 4.79 Å². The Hall–Kier alpha value is -1.53. The van der Waals surface area contributed by atoms with Gasteiger partial charge in [0.15, 0.2) is 0 Å². The average molecular weight is 381 g/mol. The van der Waals surface area contributed by atoms with Crippen molar-refractivity contribution in [1.29, 1.82) is 0 Å². The summed E-state index contributed by atoms with van der Waals surface area (Å²) in [6.45, 7) is 4.32. The van der Waals surface area contributed by atoms with Gasteiger partial charge in [0.25, 0.3) is 0 Å². The van der Waals surface area contributed by atoms with Crippen LogP contribution in [0.25, 0.3) is 0 Å². The molecule has 1 heterocycles. The smallest absolute Gasteiger partial charge is 0.237 e. The minimum atomic E-state index is -0.261. The number of aromatic nitrogens is 1. The van der Waals surface area contributed by atoms with Crippen molar-refractivity contribution in [1.82, 2.24) is 4.98 Å². The first-order valence-electron chi connectivity index (χ1n) is 6.91. The monoisotopic (exact) mass is 380 g/mol. The molecule has 2 rings (SSSR count). The van der Waals surface area contributed by atoms with Gasteiger partial charge in [-0.15, -0.1) is 0 Å². The van der Waals surface area contributed by atoms with Gasteiger partial charge in [0, 0.05) is 10.7 Å². The number of nitrogens with one attached hydrogen (secondary N) is 1. The second-order valence-electron chi connectivity index (χ2n) is 4.49. The summed E-state index contributed by atoms with van der Waals surface area (Å²) >= 11 is 4.76. The normalized spacial score (nSPS) is 11.8. The van der Waals surface area contributed by atoms with Gasteiger partial charge in [-0.05, 0) is 54.0 Å². The number of para-hydroxylation sites is 2. The van der Waals surface area contributed by atoms with Crippen molar-refractivity contribution in [2.24, 2.45) is 0 Å². The number of rotatable bonds is 6. The Kier molecular flexibility index (Phi) is 6.27. The lowest BCUT2D eigenvalue weighted by atomic mass is 10.3. The maximum absolute atomic E-state index is 12.3. The van der Waals surface area contributed by atoms with Crippen LogP contribution in [0, 0.1) is 0 Å².